The third-order valence-corrected chi connectivity index (χ3v) is 8.86. The van der Waals surface area contributed by atoms with Crippen LogP contribution < -0.4 is 0 Å². The van der Waals surface area contributed by atoms with E-state index in [2.05, 4.69) is 0 Å². The predicted molar refractivity (Wildman–Crippen MR) is 72.0 cm³/mol. The van der Waals surface area contributed by atoms with Crippen molar-refractivity contribution < 1.29 is 28.7 Å². The van der Waals surface area contributed by atoms with Crippen molar-refractivity contribution in [3.63, 3.8) is 0 Å². The van der Waals surface area contributed by atoms with Gasteiger partial charge < -0.3 is 19.6 Å². The highest BCUT2D eigenvalue weighted by Gasteiger charge is 2.44. The summed E-state index contributed by atoms with van der Waals surface area (Å²) >= 11 is 1.84. The third-order valence-electron chi connectivity index (χ3n) is 1.88. The first kappa shape index (κ1) is 16.3. The first-order valence-electron chi connectivity index (χ1n) is 4.56. The molecule has 6 nitrogen and oxygen atoms in total. The second-order valence-electron chi connectivity index (χ2n) is 3.27. The molecule has 1 aromatic rings. The van der Waals surface area contributed by atoms with Gasteiger partial charge in [-0.3, -0.25) is 9.13 Å². The molecule has 10 heteroatoms. The van der Waals surface area contributed by atoms with Gasteiger partial charge in [0.15, 0.2) is 0 Å². The minimum absolute atomic E-state index is 0.432. The topological polar surface area (TPSA) is 115 Å². The molecule has 0 unspecified atom stereocenters. The predicted octanol–water partition coefficient (Wildman–Crippen LogP) is 2.14. The van der Waals surface area contributed by atoms with Crippen molar-refractivity contribution in [1.82, 2.24) is 0 Å². The molecule has 4 N–H and O–H groups in total. The van der Waals surface area contributed by atoms with E-state index in [4.69, 9.17) is 19.6 Å². The van der Waals surface area contributed by atoms with Crippen molar-refractivity contribution in [2.75, 3.05) is 6.26 Å². The van der Waals surface area contributed by atoms with E-state index in [-0.39, 0.29) is 0 Å². The number of hydrogen-bond acceptors (Lipinski definition) is 4. The quantitative estimate of drug-likeness (QED) is 0.479. The van der Waals surface area contributed by atoms with Crippen LogP contribution >= 0.6 is 38.7 Å². The van der Waals surface area contributed by atoms with E-state index in [1.54, 1.807) is 30.5 Å². The van der Waals surface area contributed by atoms with Gasteiger partial charge in [0.2, 0.25) is 4.73 Å². The monoisotopic (exact) mass is 330 g/mol. The standard InChI is InChI=1S/C8H12O6P2S2/c1-17-6-4-2-3-5-7(6)18-8(15(9,10)11)16(12,13)14/h2-5,8H,1H3,(H2,9,10,11)(H2,12,13,14). The van der Waals surface area contributed by atoms with Crippen LogP contribution in [0, 0.1) is 0 Å². The highest BCUT2D eigenvalue weighted by molar-refractivity contribution is 8.12. The molecule has 18 heavy (non-hydrogen) atoms. The maximum absolute atomic E-state index is 11.2. The zero-order valence-electron chi connectivity index (χ0n) is 9.20. The summed E-state index contributed by atoms with van der Waals surface area (Å²) in [4.78, 5) is 37.3. The molecule has 0 spiro atoms. The Labute approximate surface area is 113 Å². The van der Waals surface area contributed by atoms with Crippen LogP contribution in [0.25, 0.3) is 0 Å². The Bertz CT molecular complexity index is 488. The SMILES string of the molecule is CSc1ccccc1SC(P(=O)(O)O)P(=O)(O)O. The summed E-state index contributed by atoms with van der Waals surface area (Å²) in [5.41, 5.74) is 0. The first-order chi connectivity index (χ1) is 8.16. The van der Waals surface area contributed by atoms with Gasteiger partial charge in [-0.25, -0.2) is 0 Å². The molecule has 0 aromatic heterocycles. The van der Waals surface area contributed by atoms with Gasteiger partial charge >= 0.3 is 15.2 Å². The Morgan fingerprint density at radius 3 is 1.83 bits per heavy atom. The molecule has 0 aliphatic carbocycles. The van der Waals surface area contributed by atoms with Gasteiger partial charge in [0.25, 0.3) is 0 Å². The van der Waals surface area contributed by atoms with Crippen molar-refractivity contribution in [3.8, 4) is 0 Å². The minimum atomic E-state index is -4.90. The van der Waals surface area contributed by atoms with Crippen molar-refractivity contribution in [2.24, 2.45) is 0 Å². The number of hydrogen-bond donors (Lipinski definition) is 4. The molecule has 0 saturated heterocycles. The van der Waals surface area contributed by atoms with Crippen LogP contribution in [-0.4, -0.2) is 30.6 Å². The molecule has 1 aromatic carbocycles. The lowest BCUT2D eigenvalue weighted by Crippen LogP contribution is -2.04. The zero-order valence-corrected chi connectivity index (χ0v) is 12.6. The van der Waals surface area contributed by atoms with E-state index in [9.17, 15) is 9.13 Å². The van der Waals surface area contributed by atoms with Crippen LogP contribution in [0.5, 0.6) is 0 Å². The van der Waals surface area contributed by atoms with Crippen molar-refractivity contribution in [2.45, 2.75) is 14.5 Å². The van der Waals surface area contributed by atoms with Crippen LogP contribution in [-0.2, 0) is 9.13 Å². The first-order valence-corrected chi connectivity index (χ1v) is 10.0. The maximum Gasteiger partial charge on any atom is 0.351 e. The fourth-order valence-corrected chi connectivity index (χ4v) is 5.96. The maximum atomic E-state index is 11.2. The Hall–Kier alpha value is 0.220. The summed E-state index contributed by atoms with van der Waals surface area (Å²) in [5, 5.41) is 0. The average molecular weight is 330 g/mol. The Morgan fingerprint density at radius 1 is 1.00 bits per heavy atom. The fourth-order valence-electron chi connectivity index (χ4n) is 1.16. The number of rotatable bonds is 5. The molecule has 0 aliphatic heterocycles. The van der Waals surface area contributed by atoms with Gasteiger partial charge in [-0.15, -0.1) is 11.8 Å². The smallest absolute Gasteiger partial charge is 0.323 e. The zero-order chi connectivity index (χ0) is 14.0. The molecule has 102 valence electrons. The van der Waals surface area contributed by atoms with Crippen molar-refractivity contribution in [1.29, 1.82) is 0 Å². The van der Waals surface area contributed by atoms with E-state index >= 15 is 0 Å². The Morgan fingerprint density at radius 2 is 1.44 bits per heavy atom. The molecule has 0 aliphatic rings. The summed E-state index contributed by atoms with van der Waals surface area (Å²) in [6.07, 6.45) is 1.77. The van der Waals surface area contributed by atoms with Gasteiger partial charge in [0, 0.05) is 9.79 Å². The normalized spacial score (nSPS) is 13.0. The van der Waals surface area contributed by atoms with Gasteiger partial charge in [-0.1, -0.05) is 23.9 Å². The Balaban J connectivity index is 3.13. The molecule has 0 bridgehead atoms. The van der Waals surface area contributed by atoms with E-state index in [1.165, 1.54) is 11.8 Å². The largest absolute Gasteiger partial charge is 0.351 e. The summed E-state index contributed by atoms with van der Waals surface area (Å²) in [5.74, 6) is 0. The van der Waals surface area contributed by atoms with E-state index < -0.39 is 19.9 Å². The van der Waals surface area contributed by atoms with Crippen LogP contribution in [0.15, 0.2) is 34.1 Å². The second kappa shape index (κ2) is 6.11. The minimum Gasteiger partial charge on any atom is -0.323 e. The van der Waals surface area contributed by atoms with Gasteiger partial charge in [-0.05, 0) is 18.4 Å². The molecular formula is C8H12O6P2S2. The summed E-state index contributed by atoms with van der Waals surface area (Å²) < 4.78 is 20.2. The molecule has 0 radical (unpaired) electrons. The van der Waals surface area contributed by atoms with Gasteiger partial charge in [0.05, 0.1) is 0 Å². The lowest BCUT2D eigenvalue weighted by Gasteiger charge is -2.19. The molecule has 1 rings (SSSR count). The average Bonchev–Trinajstić information content (AvgIpc) is 2.23. The fraction of sp³-hybridized carbons (Fsp3) is 0.250. The van der Waals surface area contributed by atoms with Crippen LogP contribution in [0.3, 0.4) is 0 Å². The summed E-state index contributed by atoms with van der Waals surface area (Å²) in [7, 11) is -9.81. The van der Waals surface area contributed by atoms with Crippen molar-refractivity contribution >= 4 is 38.7 Å². The lowest BCUT2D eigenvalue weighted by atomic mass is 10.4. The van der Waals surface area contributed by atoms with Crippen LogP contribution in [0.4, 0.5) is 0 Å². The van der Waals surface area contributed by atoms with E-state index in [1.807, 2.05) is 0 Å². The van der Waals surface area contributed by atoms with E-state index in [0.717, 1.165) is 0 Å². The summed E-state index contributed by atoms with van der Waals surface area (Å²) in [6, 6.07) is 6.65. The molecule has 0 amide bonds. The molecule has 0 fully saturated rings. The second-order valence-corrected chi connectivity index (χ2v) is 9.76. The number of benzene rings is 1. The summed E-state index contributed by atoms with van der Waals surface area (Å²) in [6.45, 7) is 0. The van der Waals surface area contributed by atoms with Crippen LogP contribution in [0.1, 0.15) is 0 Å². The van der Waals surface area contributed by atoms with Crippen LogP contribution in [0.2, 0.25) is 0 Å². The molecule has 0 atom stereocenters. The third kappa shape index (κ3) is 4.40. The highest BCUT2D eigenvalue weighted by Crippen LogP contribution is 2.66. The van der Waals surface area contributed by atoms with Crippen molar-refractivity contribution in [3.05, 3.63) is 24.3 Å². The molecule has 0 saturated carbocycles. The van der Waals surface area contributed by atoms with E-state index in [0.29, 0.717) is 21.6 Å². The highest BCUT2D eigenvalue weighted by atomic mass is 32.2. The molecular weight excluding hydrogens is 318 g/mol. The molecule has 0 heterocycles. The lowest BCUT2D eigenvalue weighted by molar-refractivity contribution is 0.352. The van der Waals surface area contributed by atoms with Gasteiger partial charge in [-0.2, -0.15) is 0 Å². The Kier molecular flexibility index (Phi) is 5.53. The van der Waals surface area contributed by atoms with Gasteiger partial charge in [0.1, 0.15) is 0 Å². The number of thioether (sulfide) groups is 2.